The first-order chi connectivity index (χ1) is 27.1. The average molecular weight is 861 g/mol. The number of nitrogens with one attached hydrogen (secondary N) is 7. The van der Waals surface area contributed by atoms with Crippen LogP contribution in [0.25, 0.3) is 0 Å². The minimum absolute atomic E-state index is 0.0116. The van der Waals surface area contributed by atoms with E-state index >= 15 is 0 Å². The van der Waals surface area contributed by atoms with Gasteiger partial charge in [0.25, 0.3) is 5.91 Å². The predicted molar refractivity (Wildman–Crippen MR) is 210 cm³/mol. The van der Waals surface area contributed by atoms with Crippen molar-refractivity contribution in [3.05, 3.63) is 0 Å². The van der Waals surface area contributed by atoms with Crippen LogP contribution < -0.4 is 77.4 Å². The highest BCUT2D eigenvalue weighted by atomic mass is 31.2. The molecule has 0 bridgehead atoms. The first kappa shape index (κ1) is 54.7. The van der Waals surface area contributed by atoms with Gasteiger partial charge in [0.2, 0.25) is 23.6 Å². The number of carboxylic acids is 1. The van der Waals surface area contributed by atoms with Gasteiger partial charge in [-0.2, -0.15) is 19.2 Å². The summed E-state index contributed by atoms with van der Waals surface area (Å²) in [6, 6.07) is -7.58. The molecule has 0 aromatic rings. The molecule has 0 aliphatic carbocycles. The first-order valence-electron chi connectivity index (χ1n) is 19.5. The maximum Gasteiger partial charge on any atom is 0.567 e. The van der Waals surface area contributed by atoms with E-state index in [1.54, 1.807) is 0 Å². The van der Waals surface area contributed by atoms with Crippen LogP contribution in [-0.2, 0) is 33.3 Å². The Morgan fingerprint density at radius 3 is 1.34 bits per heavy atom. The average Bonchev–Trinajstić information content (AvgIpc) is 3.12. The summed E-state index contributed by atoms with van der Waals surface area (Å²) in [5.74, 6) is -6.00. The summed E-state index contributed by atoms with van der Waals surface area (Å²) in [7, 11) is -4.92. The van der Waals surface area contributed by atoms with E-state index in [2.05, 4.69) is 58.9 Å². The molecule has 58 heavy (non-hydrogen) atoms. The Morgan fingerprint density at radius 1 is 0.586 bits per heavy atom. The number of amides is 5. The lowest BCUT2D eigenvalue weighted by atomic mass is 10.0. The molecule has 0 unspecified atom stereocenters. The molecule has 0 aliphatic heterocycles. The molecule has 0 aromatic carbocycles. The van der Waals surface area contributed by atoms with Crippen molar-refractivity contribution in [2.24, 2.45) is 28.9 Å². The summed E-state index contributed by atoms with van der Waals surface area (Å²) in [5.41, 5.74) is 33.8. The van der Waals surface area contributed by atoms with E-state index in [-0.39, 0.29) is 32.2 Å². The summed E-state index contributed by atoms with van der Waals surface area (Å²) >= 11 is 0. The molecular formula is C32H73N14O11P+4. The van der Waals surface area contributed by atoms with Gasteiger partial charge < -0.3 is 71.8 Å². The molecule has 5 amide bonds. The largest absolute Gasteiger partial charge is 0.567 e. The van der Waals surface area contributed by atoms with Crippen LogP contribution in [0.2, 0.25) is 0 Å². The summed E-state index contributed by atoms with van der Waals surface area (Å²) < 4.78 is 4.60. The molecule has 0 radical (unpaired) electrons. The van der Waals surface area contributed by atoms with Crippen molar-refractivity contribution in [1.29, 1.82) is 0 Å². The second kappa shape index (κ2) is 29.9. The Morgan fingerprint density at radius 2 is 0.966 bits per heavy atom. The van der Waals surface area contributed by atoms with Crippen LogP contribution in [0.15, 0.2) is 0 Å². The van der Waals surface area contributed by atoms with Crippen LogP contribution in [0.5, 0.6) is 0 Å². The predicted octanol–water partition coefficient (Wildman–Crippen LogP) is -8.60. The molecule has 0 heterocycles. The van der Waals surface area contributed by atoms with E-state index in [1.807, 2.05) is 0 Å². The number of hydrogen-bond donors (Lipinski definition) is 18. The number of unbranched alkanes of at least 4 members (excludes halogenated alkanes) is 2. The van der Waals surface area contributed by atoms with Crippen molar-refractivity contribution in [2.45, 2.75) is 127 Å². The van der Waals surface area contributed by atoms with Crippen LogP contribution in [0.1, 0.15) is 78.1 Å². The number of carbonyl (C=O) groups is 6. The summed E-state index contributed by atoms with van der Waals surface area (Å²) in [5, 5.41) is 27.8. The lowest BCUT2D eigenvalue weighted by Gasteiger charge is -2.27. The second-order valence-electron chi connectivity index (χ2n) is 14.3. The zero-order chi connectivity index (χ0) is 44.4. The normalized spacial score (nSPS) is 14.9. The molecule has 0 fully saturated rings. The van der Waals surface area contributed by atoms with Crippen molar-refractivity contribution >= 4 is 43.7 Å². The fraction of sp³-hybridized carbons (Fsp3) is 0.812. The van der Waals surface area contributed by atoms with Gasteiger partial charge in [-0.3, -0.25) is 34.6 Å². The van der Waals surface area contributed by atoms with Crippen LogP contribution in [0.4, 0.5) is 0 Å². The van der Waals surface area contributed by atoms with Gasteiger partial charge in [0.05, 0.1) is 13.1 Å². The van der Waals surface area contributed by atoms with E-state index in [4.69, 9.17) is 22.9 Å². The Labute approximate surface area is 339 Å². The lowest BCUT2D eigenvalue weighted by Crippen LogP contribution is -2.69. The third kappa shape index (κ3) is 25.3. The highest BCUT2D eigenvalue weighted by Crippen LogP contribution is 2.45. The van der Waals surface area contributed by atoms with Gasteiger partial charge in [-0.25, -0.2) is 4.79 Å². The highest BCUT2D eigenvalue weighted by molar-refractivity contribution is 7.53. The smallest absolute Gasteiger partial charge is 0.480 e. The third-order valence-corrected chi connectivity index (χ3v) is 9.19. The lowest BCUT2D eigenvalue weighted by molar-refractivity contribution is -0.406. The fourth-order valence-electron chi connectivity index (χ4n) is 5.41. The van der Waals surface area contributed by atoms with Gasteiger partial charge >= 0.3 is 14.1 Å². The molecule has 0 saturated carbocycles. The van der Waals surface area contributed by atoms with Gasteiger partial charge in [0, 0.05) is 6.42 Å². The summed E-state index contributed by atoms with van der Waals surface area (Å²) in [6.07, 6.45) is 1.96. The van der Waals surface area contributed by atoms with E-state index in [0.717, 1.165) is 6.42 Å². The van der Waals surface area contributed by atoms with Gasteiger partial charge in [-0.15, -0.1) is 0 Å². The van der Waals surface area contributed by atoms with Gasteiger partial charge in [0.1, 0.15) is 49.4 Å². The first-order valence-corrected chi connectivity index (χ1v) is 21.1. The number of carboxylic acid groups (broad SMARTS) is 1. The van der Waals surface area contributed by atoms with Crippen molar-refractivity contribution in [1.82, 2.24) is 37.2 Å². The zero-order valence-electron chi connectivity index (χ0n) is 33.8. The Bertz CT molecular complexity index is 1250. The van der Waals surface area contributed by atoms with Crippen molar-refractivity contribution in [3.63, 3.8) is 0 Å². The fourth-order valence-corrected chi connectivity index (χ4v) is 5.76. The topological polar surface area (TPSA) is 464 Å². The van der Waals surface area contributed by atoms with Gasteiger partial charge in [0.15, 0.2) is 6.04 Å². The van der Waals surface area contributed by atoms with Crippen LogP contribution in [0.3, 0.4) is 0 Å². The maximum atomic E-state index is 14.0. The number of hydrogen-bond acceptors (Lipinski definition) is 16. The highest BCUT2D eigenvalue weighted by Gasteiger charge is 2.39. The summed E-state index contributed by atoms with van der Waals surface area (Å²) in [6.45, 7) is 3.78. The molecular weight excluding hydrogens is 787 g/mol. The number of carbonyl (C=O) groups excluding carboxylic acids is 5. The zero-order valence-corrected chi connectivity index (χ0v) is 34.7. The standard InChI is InChI=1S/C32H69N14O11P/c1-18(2)24(30(52)53)46-29(51)23(17-57-58(54,55)56)45-28(50)20(10-4-6-14-34)43-27(49)22(12-8-16-41-32(38)39)44-26(48)21(11-7-15-40-31(36)37)42-25(47)19(35)9-3-5-13-33/h18-24,31-32,40-41,54-56H,3-17,33-39H2,1-2H3,(H5-,42,43,44,45,46,47,48,49,50,51,52,53)/p+4/t19-,20-,21-,22-,23-,24-/m0/s1. The third-order valence-electron chi connectivity index (χ3n) is 8.69. The molecule has 0 rings (SSSR count). The van der Waals surface area contributed by atoms with Gasteiger partial charge in [-0.05, 0) is 76.8 Å². The molecule has 0 aliphatic rings. The quantitative estimate of drug-likeness (QED) is 0.0165. The minimum atomic E-state index is -4.92. The van der Waals surface area contributed by atoms with E-state index in [9.17, 15) is 48.6 Å². The Hall–Kier alpha value is -3.27. The number of quaternary nitrogens is 3. The minimum Gasteiger partial charge on any atom is -0.480 e. The second-order valence-corrected chi connectivity index (χ2v) is 15.5. The Balaban J connectivity index is 6.50. The monoisotopic (exact) mass is 861 g/mol. The molecule has 6 atom stereocenters. The maximum absolute atomic E-state index is 14.0. The molecule has 25 nitrogen and oxygen atoms in total. The summed E-state index contributed by atoms with van der Waals surface area (Å²) in [4.78, 5) is 108. The van der Waals surface area contributed by atoms with Crippen LogP contribution in [0, 0.1) is 5.92 Å². The van der Waals surface area contributed by atoms with E-state index in [1.165, 1.54) is 13.8 Å². The van der Waals surface area contributed by atoms with Crippen LogP contribution >= 0.6 is 8.17 Å². The molecule has 26 heteroatoms. The van der Waals surface area contributed by atoms with Crippen molar-refractivity contribution in [2.75, 3.05) is 32.8 Å². The number of rotatable bonds is 33. The molecule has 0 spiro atoms. The number of aliphatic carboxylic acids is 1. The van der Waals surface area contributed by atoms with Crippen molar-refractivity contribution < 1.29 is 70.3 Å². The number of nitrogens with two attached hydrogens (primary N) is 4. The molecule has 0 aromatic heterocycles. The van der Waals surface area contributed by atoms with Crippen molar-refractivity contribution in [3.8, 4) is 0 Å². The van der Waals surface area contributed by atoms with E-state index < -0.39 is 105 Å². The van der Waals surface area contributed by atoms with E-state index in [0.29, 0.717) is 51.7 Å². The van der Waals surface area contributed by atoms with Gasteiger partial charge in [-0.1, -0.05) is 13.8 Å². The molecule has 28 N–H and O–H groups in total. The molecule has 0 saturated heterocycles. The molecule has 338 valence electrons. The SMILES string of the molecule is CC(C)[C@H](NC(=O)[C@H](CO[P+](O)(O)O)NC(=O)[C@H](CCCC[NH3+])NC(=O)[C@H](CCCNC(N)N)NC(=O)[C@H](CCCNC(N)N)NC(=O)[C@@H]([NH3+])CCCC[NH3+])C(=O)O. The Kier molecular flexibility index (Phi) is 28.2. The van der Waals surface area contributed by atoms with Crippen LogP contribution in [-0.4, -0.2) is 137 Å².